The van der Waals surface area contributed by atoms with E-state index < -0.39 is 11.2 Å². The molecule has 1 unspecified atom stereocenters. The fraction of sp³-hybridized carbons (Fsp3) is 0.235. The first-order valence-electron chi connectivity index (χ1n) is 6.92. The van der Waals surface area contributed by atoms with Crippen LogP contribution in [0.5, 0.6) is 0 Å². The largest absolute Gasteiger partial charge is 0.480 e. The average molecular weight is 312 g/mol. The SMILES string of the molecule is CCC(Sc1nc(-c2ccc(C)cc2)ccc1C#N)C(=O)O. The zero-order valence-electron chi connectivity index (χ0n) is 12.4. The highest BCUT2D eigenvalue weighted by atomic mass is 32.2. The van der Waals surface area contributed by atoms with Crippen molar-refractivity contribution in [3.8, 4) is 17.3 Å². The number of carboxylic acid groups (broad SMARTS) is 1. The van der Waals surface area contributed by atoms with Crippen LogP contribution in [0.2, 0.25) is 0 Å². The van der Waals surface area contributed by atoms with Crippen molar-refractivity contribution in [3.05, 3.63) is 47.5 Å². The molecule has 0 fully saturated rings. The second kappa shape index (κ2) is 7.10. The number of aliphatic carboxylic acids is 1. The number of aromatic nitrogens is 1. The number of aryl methyl sites for hydroxylation is 1. The van der Waals surface area contributed by atoms with E-state index in [1.807, 2.05) is 38.1 Å². The predicted molar refractivity (Wildman–Crippen MR) is 86.7 cm³/mol. The molecule has 0 spiro atoms. The Hall–Kier alpha value is -2.32. The van der Waals surface area contributed by atoms with Crippen molar-refractivity contribution in [2.45, 2.75) is 30.5 Å². The van der Waals surface area contributed by atoms with Gasteiger partial charge in [-0.25, -0.2) is 4.98 Å². The summed E-state index contributed by atoms with van der Waals surface area (Å²) in [6.07, 6.45) is 0.474. The van der Waals surface area contributed by atoms with Gasteiger partial charge in [0.1, 0.15) is 16.3 Å². The summed E-state index contributed by atoms with van der Waals surface area (Å²) >= 11 is 1.13. The van der Waals surface area contributed by atoms with E-state index in [0.717, 1.165) is 28.6 Å². The average Bonchev–Trinajstić information content (AvgIpc) is 2.52. The molecule has 112 valence electrons. The molecule has 0 saturated carbocycles. The lowest BCUT2D eigenvalue weighted by molar-refractivity contribution is -0.136. The zero-order valence-corrected chi connectivity index (χ0v) is 13.2. The van der Waals surface area contributed by atoms with Crippen LogP contribution in [0.3, 0.4) is 0 Å². The van der Waals surface area contributed by atoms with Gasteiger partial charge in [0.2, 0.25) is 0 Å². The van der Waals surface area contributed by atoms with Crippen molar-refractivity contribution in [3.63, 3.8) is 0 Å². The lowest BCUT2D eigenvalue weighted by Crippen LogP contribution is -2.15. The first-order chi connectivity index (χ1) is 10.5. The Bertz CT molecular complexity index is 720. The van der Waals surface area contributed by atoms with Gasteiger partial charge < -0.3 is 5.11 Å². The van der Waals surface area contributed by atoms with E-state index in [2.05, 4.69) is 11.1 Å². The van der Waals surface area contributed by atoms with E-state index in [4.69, 9.17) is 0 Å². The Morgan fingerprint density at radius 1 is 1.32 bits per heavy atom. The predicted octanol–water partition coefficient (Wildman–Crippen LogP) is 3.88. The van der Waals surface area contributed by atoms with Crippen molar-refractivity contribution in [2.24, 2.45) is 0 Å². The summed E-state index contributed by atoms with van der Waals surface area (Å²) in [4.78, 5) is 15.7. The smallest absolute Gasteiger partial charge is 0.317 e. The molecule has 0 amide bonds. The maximum atomic E-state index is 11.2. The van der Waals surface area contributed by atoms with Crippen LogP contribution in [0.25, 0.3) is 11.3 Å². The summed E-state index contributed by atoms with van der Waals surface area (Å²) in [7, 11) is 0. The molecule has 0 saturated heterocycles. The quantitative estimate of drug-likeness (QED) is 0.848. The number of rotatable bonds is 5. The number of nitrogens with zero attached hydrogens (tertiary/aromatic N) is 2. The van der Waals surface area contributed by atoms with Gasteiger partial charge >= 0.3 is 5.97 Å². The van der Waals surface area contributed by atoms with E-state index in [-0.39, 0.29) is 0 Å². The van der Waals surface area contributed by atoms with Crippen molar-refractivity contribution in [1.82, 2.24) is 4.98 Å². The Kier molecular flexibility index (Phi) is 5.18. The molecule has 22 heavy (non-hydrogen) atoms. The van der Waals surface area contributed by atoms with Crippen molar-refractivity contribution in [1.29, 1.82) is 5.26 Å². The van der Waals surface area contributed by atoms with E-state index in [0.29, 0.717) is 17.0 Å². The van der Waals surface area contributed by atoms with Gasteiger partial charge in [-0.1, -0.05) is 48.5 Å². The number of pyridine rings is 1. The molecule has 5 heteroatoms. The molecular weight excluding hydrogens is 296 g/mol. The summed E-state index contributed by atoms with van der Waals surface area (Å²) in [5.41, 5.74) is 3.24. The van der Waals surface area contributed by atoms with Crippen LogP contribution in [0.1, 0.15) is 24.5 Å². The fourth-order valence-corrected chi connectivity index (χ4v) is 2.87. The number of carboxylic acids is 1. The van der Waals surface area contributed by atoms with Crippen LogP contribution in [-0.2, 0) is 4.79 Å². The molecule has 1 N–H and O–H groups in total. The van der Waals surface area contributed by atoms with Gasteiger partial charge in [0.25, 0.3) is 0 Å². The Morgan fingerprint density at radius 3 is 2.55 bits per heavy atom. The highest BCUT2D eigenvalue weighted by Crippen LogP contribution is 2.29. The Morgan fingerprint density at radius 2 is 2.00 bits per heavy atom. The molecule has 2 rings (SSSR count). The normalized spacial score (nSPS) is 11.7. The van der Waals surface area contributed by atoms with Crippen LogP contribution in [-0.4, -0.2) is 21.3 Å². The number of carbonyl (C=O) groups is 1. The fourth-order valence-electron chi connectivity index (χ4n) is 1.94. The molecule has 1 heterocycles. The van der Waals surface area contributed by atoms with Gasteiger partial charge in [-0.15, -0.1) is 0 Å². The molecule has 0 aliphatic heterocycles. The summed E-state index contributed by atoms with van der Waals surface area (Å²) in [6, 6.07) is 13.5. The first kappa shape index (κ1) is 16.1. The van der Waals surface area contributed by atoms with E-state index in [1.165, 1.54) is 0 Å². The molecule has 1 aromatic heterocycles. The van der Waals surface area contributed by atoms with Crippen LogP contribution in [0.15, 0.2) is 41.4 Å². The van der Waals surface area contributed by atoms with Gasteiger partial charge in [0.15, 0.2) is 0 Å². The number of nitriles is 1. The second-order valence-corrected chi connectivity index (χ2v) is 6.07. The molecule has 2 aromatic rings. The molecule has 0 aliphatic carbocycles. The lowest BCUT2D eigenvalue weighted by atomic mass is 10.1. The van der Waals surface area contributed by atoms with Crippen molar-refractivity contribution >= 4 is 17.7 Å². The lowest BCUT2D eigenvalue weighted by Gasteiger charge is -2.11. The van der Waals surface area contributed by atoms with Crippen LogP contribution in [0.4, 0.5) is 0 Å². The minimum atomic E-state index is -0.890. The van der Waals surface area contributed by atoms with Gasteiger partial charge in [-0.2, -0.15) is 5.26 Å². The summed E-state index contributed by atoms with van der Waals surface area (Å²) in [5, 5.41) is 18.2. The minimum Gasteiger partial charge on any atom is -0.480 e. The molecule has 1 atom stereocenters. The highest BCUT2D eigenvalue weighted by Gasteiger charge is 2.19. The summed E-state index contributed by atoms with van der Waals surface area (Å²) in [5.74, 6) is -0.890. The third-order valence-electron chi connectivity index (χ3n) is 3.23. The van der Waals surface area contributed by atoms with Gasteiger partial charge in [0, 0.05) is 5.56 Å². The van der Waals surface area contributed by atoms with E-state index >= 15 is 0 Å². The Labute approximate surface area is 133 Å². The number of thioether (sulfide) groups is 1. The highest BCUT2D eigenvalue weighted by molar-refractivity contribution is 8.00. The standard InChI is InChI=1S/C17H16N2O2S/c1-3-15(17(20)21)22-16-13(10-18)8-9-14(19-16)12-6-4-11(2)5-7-12/h4-9,15H,3H2,1-2H3,(H,20,21). The topological polar surface area (TPSA) is 74.0 Å². The summed E-state index contributed by atoms with van der Waals surface area (Å²) in [6.45, 7) is 3.82. The molecular formula is C17H16N2O2S. The third kappa shape index (κ3) is 3.66. The van der Waals surface area contributed by atoms with Crippen molar-refractivity contribution in [2.75, 3.05) is 0 Å². The molecule has 0 bridgehead atoms. The molecule has 4 nitrogen and oxygen atoms in total. The van der Waals surface area contributed by atoms with E-state index in [1.54, 1.807) is 12.1 Å². The zero-order chi connectivity index (χ0) is 16.1. The number of hydrogen-bond donors (Lipinski definition) is 1. The molecule has 0 aliphatic rings. The molecule has 0 radical (unpaired) electrons. The van der Waals surface area contributed by atoms with Crippen LogP contribution >= 0.6 is 11.8 Å². The summed E-state index contributed by atoms with van der Waals surface area (Å²) < 4.78 is 0. The monoisotopic (exact) mass is 312 g/mol. The number of hydrogen-bond acceptors (Lipinski definition) is 4. The van der Waals surface area contributed by atoms with Crippen molar-refractivity contribution < 1.29 is 9.90 Å². The van der Waals surface area contributed by atoms with Crippen LogP contribution in [0, 0.1) is 18.3 Å². The van der Waals surface area contributed by atoms with Gasteiger partial charge in [0.05, 0.1) is 11.3 Å². The van der Waals surface area contributed by atoms with Crippen LogP contribution < -0.4 is 0 Å². The molecule has 1 aromatic carbocycles. The van der Waals surface area contributed by atoms with Gasteiger partial charge in [-0.05, 0) is 25.5 Å². The van der Waals surface area contributed by atoms with E-state index in [9.17, 15) is 15.2 Å². The Balaban J connectivity index is 2.40. The number of benzene rings is 1. The first-order valence-corrected chi connectivity index (χ1v) is 7.80. The maximum absolute atomic E-state index is 11.2. The second-order valence-electron chi connectivity index (χ2n) is 4.88. The maximum Gasteiger partial charge on any atom is 0.317 e. The third-order valence-corrected chi connectivity index (χ3v) is 4.58. The minimum absolute atomic E-state index is 0.403. The van der Waals surface area contributed by atoms with Gasteiger partial charge in [-0.3, -0.25) is 4.79 Å².